The van der Waals surface area contributed by atoms with Gasteiger partial charge in [0.2, 0.25) is 5.91 Å². The molecular formula is C14H19N3O. The molecule has 1 rings (SSSR count). The molecule has 0 saturated carbocycles. The number of anilines is 1. The Morgan fingerprint density at radius 1 is 1.28 bits per heavy atom. The second-order valence-electron chi connectivity index (χ2n) is 5.16. The van der Waals surface area contributed by atoms with Crippen molar-refractivity contribution in [2.75, 3.05) is 11.9 Å². The molecule has 4 heteroatoms. The van der Waals surface area contributed by atoms with Gasteiger partial charge in [-0.05, 0) is 45.0 Å². The number of amides is 1. The van der Waals surface area contributed by atoms with Gasteiger partial charge in [-0.15, -0.1) is 0 Å². The second-order valence-corrected chi connectivity index (χ2v) is 5.16. The Kier molecular flexibility index (Phi) is 4.87. The van der Waals surface area contributed by atoms with Crippen molar-refractivity contribution in [3.63, 3.8) is 0 Å². The zero-order chi connectivity index (χ0) is 13.6. The number of hydrogen-bond acceptors (Lipinski definition) is 3. The van der Waals surface area contributed by atoms with E-state index in [9.17, 15) is 4.79 Å². The lowest BCUT2D eigenvalue weighted by atomic mass is 10.1. The molecule has 0 heterocycles. The topological polar surface area (TPSA) is 64.9 Å². The Balaban J connectivity index is 2.38. The molecule has 0 fully saturated rings. The van der Waals surface area contributed by atoms with Gasteiger partial charge in [0.05, 0.1) is 11.6 Å². The first-order chi connectivity index (χ1) is 8.40. The average Bonchev–Trinajstić information content (AvgIpc) is 2.28. The minimum absolute atomic E-state index is 0.0225. The minimum Gasteiger partial charge on any atom is -0.326 e. The highest BCUT2D eigenvalue weighted by Crippen LogP contribution is 2.09. The number of nitrogens with zero attached hydrogens (tertiary/aromatic N) is 1. The van der Waals surface area contributed by atoms with E-state index in [-0.39, 0.29) is 11.4 Å². The monoisotopic (exact) mass is 245 g/mol. The lowest BCUT2D eigenvalue weighted by Crippen LogP contribution is -2.37. The summed E-state index contributed by atoms with van der Waals surface area (Å²) in [5, 5.41) is 14.7. The number of carbonyl (C=O) groups excluding carboxylic acids is 1. The Hall–Kier alpha value is -1.86. The third kappa shape index (κ3) is 5.46. The molecule has 1 aromatic rings. The molecule has 0 atom stereocenters. The third-order valence-electron chi connectivity index (χ3n) is 2.31. The van der Waals surface area contributed by atoms with Crippen molar-refractivity contribution in [3.8, 4) is 6.07 Å². The minimum atomic E-state index is -0.0311. The molecule has 96 valence electrons. The summed E-state index contributed by atoms with van der Waals surface area (Å²) < 4.78 is 0. The zero-order valence-corrected chi connectivity index (χ0v) is 11.1. The summed E-state index contributed by atoms with van der Waals surface area (Å²) in [7, 11) is 0. The highest BCUT2D eigenvalue weighted by atomic mass is 16.1. The van der Waals surface area contributed by atoms with Crippen LogP contribution in [0.15, 0.2) is 24.3 Å². The summed E-state index contributed by atoms with van der Waals surface area (Å²) in [6.07, 6.45) is 0.428. The Morgan fingerprint density at radius 3 is 2.39 bits per heavy atom. The van der Waals surface area contributed by atoms with Crippen LogP contribution in [0.3, 0.4) is 0 Å². The van der Waals surface area contributed by atoms with Crippen LogP contribution in [-0.4, -0.2) is 18.0 Å². The smallest absolute Gasteiger partial charge is 0.225 e. The maximum absolute atomic E-state index is 11.6. The van der Waals surface area contributed by atoms with Crippen LogP contribution in [-0.2, 0) is 4.79 Å². The third-order valence-corrected chi connectivity index (χ3v) is 2.31. The first kappa shape index (κ1) is 14.2. The van der Waals surface area contributed by atoms with Gasteiger partial charge in [-0.25, -0.2) is 0 Å². The molecule has 1 amide bonds. The van der Waals surface area contributed by atoms with Gasteiger partial charge in [0, 0.05) is 24.2 Å². The van der Waals surface area contributed by atoms with E-state index in [0.717, 1.165) is 5.69 Å². The number of benzene rings is 1. The Labute approximate surface area is 108 Å². The summed E-state index contributed by atoms with van der Waals surface area (Å²) in [6.45, 7) is 6.83. The molecule has 0 unspecified atom stereocenters. The molecule has 0 saturated heterocycles. The van der Waals surface area contributed by atoms with Gasteiger partial charge in [0.25, 0.3) is 0 Å². The van der Waals surface area contributed by atoms with Crippen molar-refractivity contribution in [1.29, 1.82) is 5.26 Å². The summed E-state index contributed by atoms with van der Waals surface area (Å²) in [4.78, 5) is 11.6. The van der Waals surface area contributed by atoms with Crippen molar-refractivity contribution in [2.24, 2.45) is 0 Å². The van der Waals surface area contributed by atoms with Gasteiger partial charge >= 0.3 is 0 Å². The van der Waals surface area contributed by atoms with E-state index in [1.165, 1.54) is 0 Å². The van der Waals surface area contributed by atoms with Crippen LogP contribution in [0.25, 0.3) is 0 Å². The van der Waals surface area contributed by atoms with Crippen molar-refractivity contribution in [1.82, 2.24) is 5.32 Å². The van der Waals surface area contributed by atoms with E-state index in [2.05, 4.69) is 31.4 Å². The standard InChI is InChI=1S/C14H19N3O/c1-14(2,3)16-9-8-13(18)17-12-6-4-11(10-15)5-7-12/h4-7,16H,8-9H2,1-3H3,(H,17,18). The van der Waals surface area contributed by atoms with Gasteiger partial charge < -0.3 is 10.6 Å². The predicted octanol–water partition coefficient (Wildman–Crippen LogP) is 2.27. The van der Waals surface area contributed by atoms with Crippen molar-refractivity contribution in [3.05, 3.63) is 29.8 Å². The average molecular weight is 245 g/mol. The second kappa shape index (κ2) is 6.18. The fourth-order valence-corrected chi connectivity index (χ4v) is 1.40. The molecule has 0 aliphatic heterocycles. The molecule has 0 aliphatic carbocycles. The van der Waals surface area contributed by atoms with Crippen molar-refractivity contribution in [2.45, 2.75) is 32.7 Å². The highest BCUT2D eigenvalue weighted by molar-refractivity contribution is 5.90. The van der Waals surface area contributed by atoms with Gasteiger partial charge in [-0.2, -0.15) is 5.26 Å². The number of nitriles is 1. The fourth-order valence-electron chi connectivity index (χ4n) is 1.40. The number of carbonyl (C=O) groups is 1. The molecular weight excluding hydrogens is 226 g/mol. The summed E-state index contributed by atoms with van der Waals surface area (Å²) in [5.74, 6) is -0.0311. The molecule has 0 radical (unpaired) electrons. The van der Waals surface area contributed by atoms with Gasteiger partial charge in [-0.1, -0.05) is 0 Å². The number of rotatable bonds is 4. The van der Waals surface area contributed by atoms with E-state index in [1.807, 2.05) is 6.07 Å². The van der Waals surface area contributed by atoms with Crippen LogP contribution in [0.1, 0.15) is 32.8 Å². The van der Waals surface area contributed by atoms with Crippen LogP contribution in [0.4, 0.5) is 5.69 Å². The molecule has 2 N–H and O–H groups in total. The van der Waals surface area contributed by atoms with Gasteiger partial charge in [-0.3, -0.25) is 4.79 Å². The molecule has 0 aromatic heterocycles. The summed E-state index contributed by atoms with van der Waals surface area (Å²) in [6, 6.07) is 8.86. The maximum Gasteiger partial charge on any atom is 0.225 e. The number of nitrogens with one attached hydrogen (secondary N) is 2. The molecule has 4 nitrogen and oxygen atoms in total. The van der Waals surface area contributed by atoms with E-state index >= 15 is 0 Å². The van der Waals surface area contributed by atoms with Crippen LogP contribution in [0.2, 0.25) is 0 Å². The first-order valence-corrected chi connectivity index (χ1v) is 5.96. The Bertz CT molecular complexity index is 438. The normalized spacial score (nSPS) is 10.8. The van der Waals surface area contributed by atoms with Crippen molar-refractivity contribution >= 4 is 11.6 Å². The zero-order valence-electron chi connectivity index (χ0n) is 11.1. The largest absolute Gasteiger partial charge is 0.326 e. The predicted molar refractivity (Wildman–Crippen MR) is 72.2 cm³/mol. The van der Waals surface area contributed by atoms with Crippen LogP contribution in [0.5, 0.6) is 0 Å². The van der Waals surface area contributed by atoms with E-state index in [1.54, 1.807) is 24.3 Å². The summed E-state index contributed by atoms with van der Waals surface area (Å²) >= 11 is 0. The molecule has 18 heavy (non-hydrogen) atoms. The van der Waals surface area contributed by atoms with E-state index < -0.39 is 0 Å². The lowest BCUT2D eigenvalue weighted by molar-refractivity contribution is -0.116. The first-order valence-electron chi connectivity index (χ1n) is 5.96. The Morgan fingerprint density at radius 2 is 1.89 bits per heavy atom. The maximum atomic E-state index is 11.6. The molecule has 0 bridgehead atoms. The van der Waals surface area contributed by atoms with Crippen molar-refractivity contribution < 1.29 is 4.79 Å². The van der Waals surface area contributed by atoms with Crippen LogP contribution < -0.4 is 10.6 Å². The molecule has 0 spiro atoms. The fraction of sp³-hybridized carbons (Fsp3) is 0.429. The molecule has 0 aliphatic rings. The SMILES string of the molecule is CC(C)(C)NCCC(=O)Nc1ccc(C#N)cc1. The summed E-state index contributed by atoms with van der Waals surface area (Å²) in [5.41, 5.74) is 1.33. The molecule has 1 aromatic carbocycles. The van der Waals surface area contributed by atoms with Crippen LogP contribution in [0, 0.1) is 11.3 Å². The lowest BCUT2D eigenvalue weighted by Gasteiger charge is -2.20. The van der Waals surface area contributed by atoms with Gasteiger partial charge in [0.15, 0.2) is 0 Å². The quantitative estimate of drug-likeness (QED) is 0.855. The highest BCUT2D eigenvalue weighted by Gasteiger charge is 2.09. The van der Waals surface area contributed by atoms with Crippen LogP contribution >= 0.6 is 0 Å². The van der Waals surface area contributed by atoms with E-state index in [0.29, 0.717) is 18.5 Å². The van der Waals surface area contributed by atoms with Gasteiger partial charge in [0.1, 0.15) is 0 Å². The number of hydrogen-bond donors (Lipinski definition) is 2. The van der Waals surface area contributed by atoms with E-state index in [4.69, 9.17) is 5.26 Å².